The minimum absolute atomic E-state index is 0.0349. The Morgan fingerprint density at radius 1 is 1.38 bits per heavy atom. The number of hydrogen-bond acceptors (Lipinski definition) is 4. The molecule has 1 N–H and O–H groups in total. The molecule has 4 rings (SSSR count). The Morgan fingerprint density at radius 3 is 2.81 bits per heavy atom. The van der Waals surface area contributed by atoms with Crippen LogP contribution in [0, 0.1) is 30.1 Å². The average molecular weight is 359 g/mol. The second-order valence-electron chi connectivity index (χ2n) is 9.03. The highest BCUT2D eigenvalue weighted by molar-refractivity contribution is 5.92. The second kappa shape index (κ2) is 6.39. The number of amides is 2. The number of rotatable bonds is 5. The van der Waals surface area contributed by atoms with E-state index in [0.29, 0.717) is 47.7 Å². The van der Waals surface area contributed by atoms with E-state index in [2.05, 4.69) is 24.1 Å². The predicted octanol–water partition coefficient (Wildman–Crippen LogP) is 2.78. The third-order valence-electron chi connectivity index (χ3n) is 6.79. The number of aromatic nitrogens is 1. The Balaban J connectivity index is 1.36. The van der Waals surface area contributed by atoms with Crippen molar-refractivity contribution in [3.63, 3.8) is 0 Å². The molecule has 2 aliphatic carbocycles. The molecule has 2 bridgehead atoms. The Morgan fingerprint density at radius 2 is 2.15 bits per heavy atom. The largest absolute Gasteiger partial charge is 0.448 e. The van der Waals surface area contributed by atoms with Gasteiger partial charge < -0.3 is 14.6 Å². The van der Waals surface area contributed by atoms with Gasteiger partial charge >= 0.3 is 0 Å². The average Bonchev–Trinajstić information content (AvgIpc) is 2.89. The number of aryl methyl sites for hydroxylation is 1. The van der Waals surface area contributed by atoms with Gasteiger partial charge in [-0.05, 0) is 36.5 Å². The first-order valence-electron chi connectivity index (χ1n) is 9.85. The summed E-state index contributed by atoms with van der Waals surface area (Å²) in [6.45, 7) is 7.65. The molecule has 2 heterocycles. The van der Waals surface area contributed by atoms with Gasteiger partial charge in [0.05, 0.1) is 0 Å². The normalized spacial score (nSPS) is 31.7. The highest BCUT2D eigenvalue weighted by Gasteiger charge is 2.48. The Bertz CT molecular complexity index is 711. The van der Waals surface area contributed by atoms with Crippen LogP contribution in [0.4, 0.5) is 0 Å². The third kappa shape index (κ3) is 3.26. The van der Waals surface area contributed by atoms with Crippen LogP contribution in [0.15, 0.2) is 10.7 Å². The zero-order valence-corrected chi connectivity index (χ0v) is 16.0. The minimum atomic E-state index is -0.0349. The number of likely N-dealkylation sites (tertiary alicyclic amines) is 1. The number of fused-ring (bicyclic) bond motifs is 2. The number of carbonyl (C=O) groups excluding carboxylic acids is 2. The fourth-order valence-electron chi connectivity index (χ4n) is 4.93. The van der Waals surface area contributed by atoms with E-state index in [9.17, 15) is 9.59 Å². The van der Waals surface area contributed by atoms with Gasteiger partial charge in [-0.25, -0.2) is 4.98 Å². The second-order valence-corrected chi connectivity index (χ2v) is 9.03. The highest BCUT2D eigenvalue weighted by atomic mass is 16.3. The number of nitrogens with zero attached hydrogens (tertiary/aromatic N) is 2. The zero-order valence-electron chi connectivity index (χ0n) is 16.0. The number of carbonyl (C=O) groups is 2. The monoisotopic (exact) mass is 359 g/mol. The third-order valence-corrected chi connectivity index (χ3v) is 6.79. The molecular weight excluding hydrogens is 330 g/mol. The maximum absolute atomic E-state index is 12.8. The number of nitrogens with one attached hydrogen (secondary N) is 1. The van der Waals surface area contributed by atoms with Crippen molar-refractivity contribution in [1.82, 2.24) is 15.2 Å². The number of hydrogen-bond donors (Lipinski definition) is 1. The molecule has 4 atom stereocenters. The lowest BCUT2D eigenvalue weighted by atomic mass is 9.79. The summed E-state index contributed by atoms with van der Waals surface area (Å²) in [5.41, 5.74) is 0.731. The Labute approximate surface area is 154 Å². The van der Waals surface area contributed by atoms with Gasteiger partial charge in [-0.15, -0.1) is 0 Å². The lowest BCUT2D eigenvalue weighted by molar-refractivity contribution is -0.121. The molecule has 0 aromatic carbocycles. The van der Waals surface area contributed by atoms with Crippen molar-refractivity contribution < 1.29 is 14.0 Å². The van der Waals surface area contributed by atoms with Crippen molar-refractivity contribution >= 4 is 11.8 Å². The van der Waals surface area contributed by atoms with E-state index in [1.807, 2.05) is 4.90 Å². The Kier molecular flexibility index (Phi) is 4.32. The fourth-order valence-corrected chi connectivity index (χ4v) is 4.93. The molecule has 1 aromatic heterocycles. The van der Waals surface area contributed by atoms with Gasteiger partial charge in [-0.3, -0.25) is 9.59 Å². The lowest BCUT2D eigenvalue weighted by Gasteiger charge is -2.31. The van der Waals surface area contributed by atoms with Gasteiger partial charge in [0.1, 0.15) is 6.26 Å². The lowest BCUT2D eigenvalue weighted by Crippen LogP contribution is -2.42. The van der Waals surface area contributed by atoms with Crippen LogP contribution in [0.25, 0.3) is 0 Å². The van der Waals surface area contributed by atoms with E-state index >= 15 is 0 Å². The van der Waals surface area contributed by atoms with Gasteiger partial charge in [0.15, 0.2) is 11.6 Å². The summed E-state index contributed by atoms with van der Waals surface area (Å²) in [5, 5.41) is 3.15. The molecule has 6 nitrogen and oxygen atoms in total. The van der Waals surface area contributed by atoms with Crippen molar-refractivity contribution in [2.24, 2.45) is 23.2 Å². The van der Waals surface area contributed by atoms with Gasteiger partial charge in [0.2, 0.25) is 5.91 Å². The van der Waals surface area contributed by atoms with Gasteiger partial charge in [-0.1, -0.05) is 20.3 Å². The molecular formula is C20H29N3O3. The van der Waals surface area contributed by atoms with Crippen molar-refractivity contribution in [2.75, 3.05) is 13.1 Å². The van der Waals surface area contributed by atoms with Crippen molar-refractivity contribution in [1.29, 1.82) is 0 Å². The summed E-state index contributed by atoms with van der Waals surface area (Å²) in [4.78, 5) is 31.3. The van der Waals surface area contributed by atoms with E-state index in [1.165, 1.54) is 6.26 Å². The first-order chi connectivity index (χ1) is 12.3. The number of oxazole rings is 1. The molecule has 0 radical (unpaired) electrons. The molecule has 3 fully saturated rings. The van der Waals surface area contributed by atoms with E-state index in [1.54, 1.807) is 6.92 Å². The SMILES string of the molecule is Cc1nc(C(=O)N2CC3CCCC2C3CNC(=O)CC2CC2(C)C)co1. The summed E-state index contributed by atoms with van der Waals surface area (Å²) in [6.07, 6.45) is 6.53. The molecule has 1 saturated heterocycles. The van der Waals surface area contributed by atoms with Crippen molar-refractivity contribution in [3.8, 4) is 0 Å². The fraction of sp³-hybridized carbons (Fsp3) is 0.750. The van der Waals surface area contributed by atoms with Crippen LogP contribution >= 0.6 is 0 Å². The predicted molar refractivity (Wildman–Crippen MR) is 96.4 cm³/mol. The van der Waals surface area contributed by atoms with Crippen LogP contribution in [-0.2, 0) is 4.79 Å². The van der Waals surface area contributed by atoms with E-state index in [4.69, 9.17) is 4.42 Å². The smallest absolute Gasteiger partial charge is 0.276 e. The summed E-state index contributed by atoms with van der Waals surface area (Å²) >= 11 is 0. The molecule has 4 unspecified atom stereocenters. The maximum Gasteiger partial charge on any atom is 0.276 e. The molecule has 0 spiro atoms. The highest BCUT2D eigenvalue weighted by Crippen LogP contribution is 2.53. The van der Waals surface area contributed by atoms with Crippen LogP contribution in [-0.4, -0.2) is 40.8 Å². The molecule has 1 aromatic rings. The standard InChI is InChI=1S/C20H29N3O3/c1-12-22-16(11-26-12)19(25)23-10-13-5-4-6-17(23)15(13)9-21-18(24)7-14-8-20(14,2)3/h11,13-15,17H,4-10H2,1-3H3,(H,21,24). The minimum Gasteiger partial charge on any atom is -0.448 e. The van der Waals surface area contributed by atoms with Crippen molar-refractivity contribution in [3.05, 3.63) is 17.8 Å². The molecule has 26 heavy (non-hydrogen) atoms. The van der Waals surface area contributed by atoms with E-state index < -0.39 is 0 Å². The van der Waals surface area contributed by atoms with Gasteiger partial charge in [0.25, 0.3) is 5.91 Å². The van der Waals surface area contributed by atoms with E-state index in [0.717, 1.165) is 32.2 Å². The van der Waals surface area contributed by atoms with Gasteiger partial charge in [0, 0.05) is 38.4 Å². The van der Waals surface area contributed by atoms with Crippen LogP contribution < -0.4 is 5.32 Å². The summed E-state index contributed by atoms with van der Waals surface area (Å²) in [5.74, 6) is 2.00. The molecule has 142 valence electrons. The van der Waals surface area contributed by atoms with Crippen LogP contribution in [0.2, 0.25) is 0 Å². The first-order valence-corrected chi connectivity index (χ1v) is 9.85. The van der Waals surface area contributed by atoms with Crippen LogP contribution in [0.5, 0.6) is 0 Å². The molecule has 3 aliphatic rings. The van der Waals surface area contributed by atoms with Crippen LogP contribution in [0.1, 0.15) is 62.3 Å². The molecule has 2 saturated carbocycles. The molecule has 2 amide bonds. The molecule has 6 heteroatoms. The quantitative estimate of drug-likeness (QED) is 0.877. The summed E-state index contributed by atoms with van der Waals surface area (Å²) < 4.78 is 5.21. The van der Waals surface area contributed by atoms with Crippen molar-refractivity contribution in [2.45, 2.75) is 58.9 Å². The maximum atomic E-state index is 12.8. The zero-order chi connectivity index (χ0) is 18.5. The first kappa shape index (κ1) is 17.6. The summed E-state index contributed by atoms with van der Waals surface area (Å²) in [6, 6.07) is 0.205. The summed E-state index contributed by atoms with van der Waals surface area (Å²) in [7, 11) is 0. The van der Waals surface area contributed by atoms with Crippen LogP contribution in [0.3, 0.4) is 0 Å². The van der Waals surface area contributed by atoms with E-state index in [-0.39, 0.29) is 17.9 Å². The molecule has 1 aliphatic heterocycles. The Hall–Kier alpha value is -1.85. The topological polar surface area (TPSA) is 75.4 Å². The van der Waals surface area contributed by atoms with Gasteiger partial charge in [-0.2, -0.15) is 0 Å².